The van der Waals surface area contributed by atoms with Gasteiger partial charge in [0.15, 0.2) is 0 Å². The Morgan fingerprint density at radius 3 is 0.953 bits per heavy atom. The molecule has 7 aromatic carbocycles. The molecular weight excluding hydrogens is 520 g/mol. The van der Waals surface area contributed by atoms with E-state index in [1.165, 1.54) is 49.6 Å². The first kappa shape index (κ1) is 26.6. The smallest absolute Gasteiger partial charge is 0.0619 e. The number of para-hydroxylation sites is 1. The number of aryl methyl sites for hydroxylation is 3. The molecule has 0 aliphatic carbocycles. The third kappa shape index (κ3) is 4.91. The molecule has 0 heterocycles. The van der Waals surface area contributed by atoms with Crippen molar-refractivity contribution in [3.63, 3.8) is 0 Å². The van der Waals surface area contributed by atoms with Gasteiger partial charge in [0.2, 0.25) is 0 Å². The number of nitrogens with zero attached hydrogens (tertiary/aromatic N) is 2. The predicted molar refractivity (Wildman–Crippen MR) is 185 cm³/mol. The number of rotatable bonds is 6. The third-order valence-corrected chi connectivity index (χ3v) is 8.12. The van der Waals surface area contributed by atoms with Crippen LogP contribution in [0.1, 0.15) is 16.7 Å². The Bertz CT molecular complexity index is 1970. The van der Waals surface area contributed by atoms with Crippen molar-refractivity contribution in [1.82, 2.24) is 0 Å². The first-order valence-corrected chi connectivity index (χ1v) is 14.9. The van der Waals surface area contributed by atoms with Crippen LogP contribution >= 0.6 is 0 Å². The number of hydrogen-bond acceptors (Lipinski definition) is 2. The van der Waals surface area contributed by atoms with Gasteiger partial charge in [0.1, 0.15) is 0 Å². The maximum absolute atomic E-state index is 2.44. The van der Waals surface area contributed by atoms with Crippen molar-refractivity contribution in [3.05, 3.63) is 168 Å². The molecular formula is C41H34N2. The second kappa shape index (κ2) is 11.2. The lowest BCUT2D eigenvalue weighted by molar-refractivity contribution is 1.27. The van der Waals surface area contributed by atoms with Gasteiger partial charge in [-0.1, -0.05) is 103 Å². The average molecular weight is 555 g/mol. The van der Waals surface area contributed by atoms with E-state index in [1.54, 1.807) is 0 Å². The van der Waals surface area contributed by atoms with Crippen molar-refractivity contribution in [1.29, 1.82) is 0 Å². The minimum absolute atomic E-state index is 1.13. The van der Waals surface area contributed by atoms with Crippen molar-refractivity contribution in [3.8, 4) is 0 Å². The first-order chi connectivity index (χ1) is 21.1. The van der Waals surface area contributed by atoms with Gasteiger partial charge in [0.05, 0.1) is 11.4 Å². The van der Waals surface area contributed by atoms with Crippen LogP contribution in [0.15, 0.2) is 152 Å². The molecule has 2 heteroatoms. The Morgan fingerprint density at radius 2 is 0.605 bits per heavy atom. The summed E-state index contributed by atoms with van der Waals surface area (Å²) in [6.07, 6.45) is 0. The molecule has 0 unspecified atom stereocenters. The molecule has 0 amide bonds. The van der Waals surface area contributed by atoms with E-state index in [1.807, 2.05) is 0 Å². The summed E-state index contributed by atoms with van der Waals surface area (Å²) in [5.74, 6) is 0. The highest BCUT2D eigenvalue weighted by atomic mass is 15.2. The second-order valence-electron chi connectivity index (χ2n) is 11.3. The molecule has 2 nitrogen and oxygen atoms in total. The van der Waals surface area contributed by atoms with E-state index in [2.05, 4.69) is 182 Å². The van der Waals surface area contributed by atoms with Crippen LogP contribution in [0, 0.1) is 20.8 Å². The van der Waals surface area contributed by atoms with Crippen molar-refractivity contribution < 1.29 is 0 Å². The fourth-order valence-electron chi connectivity index (χ4n) is 6.26. The molecule has 0 radical (unpaired) electrons. The van der Waals surface area contributed by atoms with Crippen molar-refractivity contribution in [2.75, 3.05) is 9.80 Å². The normalized spacial score (nSPS) is 11.1. The largest absolute Gasteiger partial charge is 0.309 e. The minimum atomic E-state index is 1.13. The lowest BCUT2D eigenvalue weighted by Crippen LogP contribution is -2.14. The number of benzene rings is 7. The van der Waals surface area contributed by atoms with Crippen LogP contribution in [0.5, 0.6) is 0 Å². The summed E-state index contributed by atoms with van der Waals surface area (Å²) in [5, 5.41) is 4.80. The summed E-state index contributed by atoms with van der Waals surface area (Å²) in [6.45, 7) is 6.49. The molecule has 0 fully saturated rings. The SMILES string of the molecule is Cc1cccc(N(c2ccccc2)c2c3ccccc3c(N(c3cccc(C)c3)c3cccc(C)c3)c3ccccc23)c1. The molecule has 0 atom stereocenters. The van der Waals surface area contributed by atoms with Crippen LogP contribution in [0.3, 0.4) is 0 Å². The van der Waals surface area contributed by atoms with E-state index in [9.17, 15) is 0 Å². The van der Waals surface area contributed by atoms with Crippen molar-refractivity contribution >= 4 is 55.7 Å². The fraction of sp³-hybridized carbons (Fsp3) is 0.0732. The van der Waals surface area contributed by atoms with Crippen molar-refractivity contribution in [2.24, 2.45) is 0 Å². The van der Waals surface area contributed by atoms with Crippen molar-refractivity contribution in [2.45, 2.75) is 20.8 Å². The summed E-state index contributed by atoms with van der Waals surface area (Å²) < 4.78 is 0. The molecule has 0 aliphatic rings. The standard InChI is InChI=1S/C41H34N2/c1-29-14-11-19-33(26-29)42(32-17-5-4-6-18-32)40-36-22-7-9-24-38(36)41(39-25-10-8-23-37(39)40)43(34-20-12-15-30(2)27-34)35-21-13-16-31(3)28-35/h4-28H,1-3H3. The van der Waals surface area contributed by atoms with Crippen LogP contribution in [-0.2, 0) is 0 Å². The first-order valence-electron chi connectivity index (χ1n) is 14.9. The zero-order valence-corrected chi connectivity index (χ0v) is 24.8. The molecule has 7 rings (SSSR count). The number of anilines is 6. The summed E-state index contributed by atoms with van der Waals surface area (Å²) in [6, 6.07) is 54.9. The lowest BCUT2D eigenvalue weighted by Gasteiger charge is -2.33. The molecule has 0 spiro atoms. The highest BCUT2D eigenvalue weighted by molar-refractivity contribution is 6.23. The van der Waals surface area contributed by atoms with Crippen LogP contribution in [0.4, 0.5) is 34.1 Å². The molecule has 0 bridgehead atoms. The van der Waals surface area contributed by atoms with E-state index < -0.39 is 0 Å². The van der Waals surface area contributed by atoms with Crippen LogP contribution in [-0.4, -0.2) is 0 Å². The fourth-order valence-corrected chi connectivity index (χ4v) is 6.26. The zero-order chi connectivity index (χ0) is 29.3. The quantitative estimate of drug-likeness (QED) is 0.149. The average Bonchev–Trinajstić information content (AvgIpc) is 3.03. The predicted octanol–water partition coefficient (Wildman–Crippen LogP) is 11.9. The molecule has 208 valence electrons. The number of fused-ring (bicyclic) bond motifs is 2. The van der Waals surface area contributed by atoms with Gasteiger partial charge in [-0.05, 0) is 86.0 Å². The molecule has 0 saturated carbocycles. The highest BCUT2D eigenvalue weighted by Gasteiger charge is 2.25. The second-order valence-corrected chi connectivity index (χ2v) is 11.3. The summed E-state index contributed by atoms with van der Waals surface area (Å²) >= 11 is 0. The number of hydrogen-bond donors (Lipinski definition) is 0. The third-order valence-electron chi connectivity index (χ3n) is 8.12. The topological polar surface area (TPSA) is 6.48 Å². The monoisotopic (exact) mass is 554 g/mol. The van der Waals surface area contributed by atoms with Crippen LogP contribution in [0.2, 0.25) is 0 Å². The molecule has 0 saturated heterocycles. The van der Waals surface area contributed by atoms with Gasteiger partial charge in [-0.3, -0.25) is 0 Å². The van der Waals surface area contributed by atoms with Gasteiger partial charge >= 0.3 is 0 Å². The van der Waals surface area contributed by atoms with Gasteiger partial charge in [-0.2, -0.15) is 0 Å². The van der Waals surface area contributed by atoms with Gasteiger partial charge in [0, 0.05) is 44.3 Å². The Labute approximate surface area is 254 Å². The van der Waals surface area contributed by atoms with Gasteiger partial charge in [0.25, 0.3) is 0 Å². The molecule has 43 heavy (non-hydrogen) atoms. The maximum atomic E-state index is 2.44. The van der Waals surface area contributed by atoms with E-state index in [0.717, 1.165) is 22.7 Å². The molecule has 0 aromatic heterocycles. The van der Waals surface area contributed by atoms with E-state index in [4.69, 9.17) is 0 Å². The van der Waals surface area contributed by atoms with E-state index in [-0.39, 0.29) is 0 Å². The Hall–Kier alpha value is -5.34. The Balaban J connectivity index is 1.62. The molecule has 0 aliphatic heterocycles. The summed E-state index contributed by atoms with van der Waals surface area (Å²) in [4.78, 5) is 4.86. The molecule has 7 aromatic rings. The maximum Gasteiger partial charge on any atom is 0.0619 e. The van der Waals surface area contributed by atoms with Gasteiger partial charge in [-0.25, -0.2) is 0 Å². The Kier molecular flexibility index (Phi) is 6.89. The summed E-state index contributed by atoms with van der Waals surface area (Å²) in [5.41, 5.74) is 10.6. The highest BCUT2D eigenvalue weighted by Crippen LogP contribution is 2.50. The zero-order valence-electron chi connectivity index (χ0n) is 24.8. The van der Waals surface area contributed by atoms with Crippen LogP contribution in [0.25, 0.3) is 21.5 Å². The Morgan fingerprint density at radius 1 is 0.302 bits per heavy atom. The lowest BCUT2D eigenvalue weighted by atomic mass is 9.95. The van der Waals surface area contributed by atoms with Gasteiger partial charge in [-0.15, -0.1) is 0 Å². The minimum Gasteiger partial charge on any atom is -0.309 e. The van der Waals surface area contributed by atoms with E-state index in [0.29, 0.717) is 0 Å². The van der Waals surface area contributed by atoms with Gasteiger partial charge < -0.3 is 9.80 Å². The van der Waals surface area contributed by atoms with Crippen LogP contribution < -0.4 is 9.80 Å². The van der Waals surface area contributed by atoms with E-state index >= 15 is 0 Å². The molecule has 0 N–H and O–H groups in total. The summed E-state index contributed by atoms with van der Waals surface area (Å²) in [7, 11) is 0.